The molecule has 3 rings (SSSR count). The van der Waals surface area contributed by atoms with E-state index in [0.717, 1.165) is 11.4 Å². The number of hydrogen-bond donors (Lipinski definition) is 2. The Labute approximate surface area is 133 Å². The highest BCUT2D eigenvalue weighted by atomic mass is 19.1. The summed E-state index contributed by atoms with van der Waals surface area (Å²) in [6.07, 6.45) is 1.60. The number of anilines is 3. The molecular weight excluding hydrogens is 293 g/mol. The summed E-state index contributed by atoms with van der Waals surface area (Å²) in [4.78, 5) is 16.2. The second-order valence-corrected chi connectivity index (χ2v) is 4.86. The van der Waals surface area contributed by atoms with E-state index in [1.807, 2.05) is 30.3 Å². The number of halogens is 1. The van der Waals surface area contributed by atoms with Crippen molar-refractivity contribution < 1.29 is 9.18 Å². The van der Waals surface area contributed by atoms with Crippen molar-refractivity contribution >= 4 is 23.1 Å². The van der Waals surface area contributed by atoms with E-state index >= 15 is 0 Å². The van der Waals surface area contributed by atoms with E-state index in [1.54, 1.807) is 24.4 Å². The van der Waals surface area contributed by atoms with Crippen LogP contribution in [-0.4, -0.2) is 10.9 Å². The monoisotopic (exact) mass is 307 g/mol. The molecular formula is C18H14FN3O. The summed E-state index contributed by atoms with van der Waals surface area (Å²) < 4.78 is 13.6. The van der Waals surface area contributed by atoms with Crippen molar-refractivity contribution in [3.63, 3.8) is 0 Å². The number of carbonyl (C=O) groups excluding carboxylic acids is 1. The smallest absolute Gasteiger partial charge is 0.259 e. The van der Waals surface area contributed by atoms with Gasteiger partial charge in [-0.2, -0.15) is 0 Å². The van der Waals surface area contributed by atoms with Crippen LogP contribution in [0.25, 0.3) is 0 Å². The molecule has 0 aliphatic rings. The number of aromatic nitrogens is 1. The number of hydrogen-bond acceptors (Lipinski definition) is 3. The van der Waals surface area contributed by atoms with E-state index in [0.29, 0.717) is 5.82 Å². The zero-order valence-electron chi connectivity index (χ0n) is 12.2. The lowest BCUT2D eigenvalue weighted by Crippen LogP contribution is -2.14. The molecule has 0 atom stereocenters. The molecule has 0 bridgehead atoms. The van der Waals surface area contributed by atoms with E-state index in [-0.39, 0.29) is 5.56 Å². The van der Waals surface area contributed by atoms with Crippen LogP contribution in [0.5, 0.6) is 0 Å². The zero-order chi connectivity index (χ0) is 16.1. The Balaban J connectivity index is 1.68. The first kappa shape index (κ1) is 14.7. The van der Waals surface area contributed by atoms with Crippen molar-refractivity contribution in [2.75, 3.05) is 10.6 Å². The van der Waals surface area contributed by atoms with Crippen LogP contribution in [0, 0.1) is 5.82 Å². The lowest BCUT2D eigenvalue weighted by molar-refractivity contribution is 0.102. The standard InChI is InChI=1S/C18H14FN3O/c19-16-9-5-4-8-15(16)18(23)22-17-11-10-14(12-20-17)21-13-6-2-1-3-7-13/h1-12,21H,(H,20,22,23). The maximum absolute atomic E-state index is 13.6. The van der Waals surface area contributed by atoms with Crippen LogP contribution >= 0.6 is 0 Å². The van der Waals surface area contributed by atoms with Gasteiger partial charge >= 0.3 is 0 Å². The minimum Gasteiger partial charge on any atom is -0.354 e. The Morgan fingerprint density at radius 1 is 0.870 bits per heavy atom. The highest BCUT2D eigenvalue weighted by molar-refractivity contribution is 6.03. The van der Waals surface area contributed by atoms with Gasteiger partial charge in [-0.05, 0) is 36.4 Å². The Bertz CT molecular complexity index is 804. The van der Waals surface area contributed by atoms with Gasteiger partial charge < -0.3 is 10.6 Å². The van der Waals surface area contributed by atoms with Crippen LogP contribution < -0.4 is 10.6 Å². The molecule has 1 aromatic heterocycles. The molecule has 23 heavy (non-hydrogen) atoms. The molecule has 0 saturated heterocycles. The van der Waals surface area contributed by atoms with E-state index in [9.17, 15) is 9.18 Å². The first-order valence-corrected chi connectivity index (χ1v) is 7.06. The molecule has 5 heteroatoms. The van der Waals surface area contributed by atoms with Crippen molar-refractivity contribution in [1.82, 2.24) is 4.98 Å². The number of nitrogens with one attached hydrogen (secondary N) is 2. The van der Waals surface area contributed by atoms with Crippen LogP contribution in [0.1, 0.15) is 10.4 Å². The summed E-state index contributed by atoms with van der Waals surface area (Å²) in [7, 11) is 0. The molecule has 1 heterocycles. The second kappa shape index (κ2) is 6.70. The Morgan fingerprint density at radius 2 is 1.61 bits per heavy atom. The van der Waals surface area contributed by atoms with E-state index in [1.165, 1.54) is 18.2 Å². The fourth-order valence-electron chi connectivity index (χ4n) is 2.06. The lowest BCUT2D eigenvalue weighted by atomic mass is 10.2. The zero-order valence-corrected chi connectivity index (χ0v) is 12.2. The van der Waals surface area contributed by atoms with Crippen molar-refractivity contribution in [1.29, 1.82) is 0 Å². The molecule has 114 valence electrons. The summed E-state index contributed by atoms with van der Waals surface area (Å²) in [5.74, 6) is -0.733. The largest absolute Gasteiger partial charge is 0.354 e. The highest BCUT2D eigenvalue weighted by Crippen LogP contribution is 2.17. The summed E-state index contributed by atoms with van der Waals surface area (Å²) in [6.45, 7) is 0. The van der Waals surface area contributed by atoms with Gasteiger partial charge in [0, 0.05) is 5.69 Å². The molecule has 0 spiro atoms. The average molecular weight is 307 g/mol. The molecule has 4 nitrogen and oxygen atoms in total. The number of benzene rings is 2. The van der Waals surface area contributed by atoms with E-state index < -0.39 is 11.7 Å². The van der Waals surface area contributed by atoms with Gasteiger partial charge in [0.05, 0.1) is 17.4 Å². The minimum atomic E-state index is -0.563. The van der Waals surface area contributed by atoms with Crippen LogP contribution in [0.3, 0.4) is 0 Å². The maximum atomic E-state index is 13.6. The maximum Gasteiger partial charge on any atom is 0.259 e. The number of amides is 1. The van der Waals surface area contributed by atoms with Gasteiger partial charge in [-0.3, -0.25) is 4.79 Å². The molecule has 1 amide bonds. The van der Waals surface area contributed by atoms with Gasteiger partial charge in [0.1, 0.15) is 11.6 Å². The molecule has 0 aliphatic carbocycles. The predicted octanol–water partition coefficient (Wildman–Crippen LogP) is 4.22. The van der Waals surface area contributed by atoms with Crippen LogP contribution in [-0.2, 0) is 0 Å². The van der Waals surface area contributed by atoms with Crippen molar-refractivity contribution in [2.24, 2.45) is 0 Å². The predicted molar refractivity (Wildman–Crippen MR) is 88.3 cm³/mol. The SMILES string of the molecule is O=C(Nc1ccc(Nc2ccccc2)cn1)c1ccccc1F. The number of pyridine rings is 1. The third-order valence-electron chi connectivity index (χ3n) is 3.19. The molecule has 0 aliphatic heterocycles. The summed E-state index contributed by atoms with van der Waals surface area (Å²) in [6, 6.07) is 18.9. The van der Waals surface area contributed by atoms with Crippen LogP contribution in [0.15, 0.2) is 72.9 Å². The van der Waals surface area contributed by atoms with Crippen LogP contribution in [0.2, 0.25) is 0 Å². The summed E-state index contributed by atoms with van der Waals surface area (Å²) >= 11 is 0. The molecule has 3 aromatic rings. The Kier molecular flexibility index (Phi) is 4.29. The topological polar surface area (TPSA) is 54.0 Å². The first-order valence-electron chi connectivity index (χ1n) is 7.06. The Hall–Kier alpha value is -3.21. The van der Waals surface area contributed by atoms with Gasteiger partial charge in [-0.15, -0.1) is 0 Å². The molecule has 2 N–H and O–H groups in total. The third-order valence-corrected chi connectivity index (χ3v) is 3.19. The fourth-order valence-corrected chi connectivity index (χ4v) is 2.06. The van der Waals surface area contributed by atoms with Gasteiger partial charge in [-0.1, -0.05) is 30.3 Å². The normalized spacial score (nSPS) is 10.1. The van der Waals surface area contributed by atoms with Gasteiger partial charge in [-0.25, -0.2) is 9.37 Å². The van der Waals surface area contributed by atoms with Crippen LogP contribution in [0.4, 0.5) is 21.6 Å². The quantitative estimate of drug-likeness (QED) is 0.759. The summed E-state index contributed by atoms with van der Waals surface area (Å²) in [5.41, 5.74) is 1.72. The molecule has 0 radical (unpaired) electrons. The number of nitrogens with zero attached hydrogens (tertiary/aromatic N) is 1. The number of rotatable bonds is 4. The Morgan fingerprint density at radius 3 is 2.30 bits per heavy atom. The third kappa shape index (κ3) is 3.71. The van der Waals surface area contributed by atoms with E-state index in [2.05, 4.69) is 15.6 Å². The van der Waals surface area contributed by atoms with Crippen molar-refractivity contribution in [3.05, 3.63) is 84.3 Å². The van der Waals surface area contributed by atoms with Crippen molar-refractivity contribution in [2.45, 2.75) is 0 Å². The molecule has 0 fully saturated rings. The number of carbonyl (C=O) groups is 1. The van der Waals surface area contributed by atoms with Gasteiger partial charge in [0.2, 0.25) is 0 Å². The van der Waals surface area contributed by atoms with Crippen molar-refractivity contribution in [3.8, 4) is 0 Å². The molecule has 2 aromatic carbocycles. The second-order valence-electron chi connectivity index (χ2n) is 4.86. The van der Waals surface area contributed by atoms with Gasteiger partial charge in [0.25, 0.3) is 5.91 Å². The summed E-state index contributed by atoms with van der Waals surface area (Å²) in [5, 5.41) is 5.76. The molecule has 0 saturated carbocycles. The van der Waals surface area contributed by atoms with Gasteiger partial charge in [0.15, 0.2) is 0 Å². The van der Waals surface area contributed by atoms with E-state index in [4.69, 9.17) is 0 Å². The average Bonchev–Trinajstić information content (AvgIpc) is 2.58. The fraction of sp³-hybridized carbons (Fsp3) is 0. The number of para-hydroxylation sites is 1. The highest BCUT2D eigenvalue weighted by Gasteiger charge is 2.11. The lowest BCUT2D eigenvalue weighted by Gasteiger charge is -2.08. The minimum absolute atomic E-state index is 0.0132. The molecule has 0 unspecified atom stereocenters. The first-order chi connectivity index (χ1) is 11.2.